The van der Waals surface area contributed by atoms with Crippen LogP contribution in [0.3, 0.4) is 0 Å². The molecule has 1 fully saturated rings. The van der Waals surface area contributed by atoms with Gasteiger partial charge >= 0.3 is 12.1 Å². The highest BCUT2D eigenvalue weighted by atomic mass is 16.6. The van der Waals surface area contributed by atoms with Crippen molar-refractivity contribution in [2.75, 3.05) is 7.11 Å². The molecule has 0 aromatic carbocycles. The molecule has 18 heavy (non-hydrogen) atoms. The molecule has 1 saturated carbocycles. The van der Waals surface area contributed by atoms with Crippen molar-refractivity contribution >= 4 is 12.1 Å². The van der Waals surface area contributed by atoms with Gasteiger partial charge in [-0.2, -0.15) is 0 Å². The number of carbonyl (C=O) groups is 2. The molecule has 0 bridgehead atoms. The summed E-state index contributed by atoms with van der Waals surface area (Å²) in [4.78, 5) is 25.1. The largest absolute Gasteiger partial charge is 0.469 e. The highest BCUT2D eigenvalue weighted by Gasteiger charge is 2.60. The van der Waals surface area contributed by atoms with Gasteiger partial charge in [-0.25, -0.2) is 4.79 Å². The van der Waals surface area contributed by atoms with Crippen LogP contribution in [0.5, 0.6) is 0 Å². The Kier molecular flexibility index (Phi) is 3.09. The minimum atomic E-state index is -0.534. The summed E-state index contributed by atoms with van der Waals surface area (Å²) in [6.07, 6.45) is 4.01. The molecule has 1 amide bonds. The molecule has 0 saturated heterocycles. The van der Waals surface area contributed by atoms with Crippen LogP contribution in [-0.4, -0.2) is 35.7 Å². The van der Waals surface area contributed by atoms with Crippen LogP contribution in [0.1, 0.15) is 27.2 Å². The lowest BCUT2D eigenvalue weighted by atomic mass is 10.2. The Morgan fingerprint density at radius 1 is 1.33 bits per heavy atom. The maximum atomic E-state index is 12.0. The monoisotopic (exact) mass is 253 g/mol. The van der Waals surface area contributed by atoms with E-state index >= 15 is 0 Å². The summed E-state index contributed by atoms with van der Waals surface area (Å²) in [5, 5.41) is 0. The van der Waals surface area contributed by atoms with E-state index in [0.29, 0.717) is 0 Å². The first-order chi connectivity index (χ1) is 8.35. The van der Waals surface area contributed by atoms with Crippen molar-refractivity contribution in [2.45, 2.75) is 38.8 Å². The maximum absolute atomic E-state index is 12.0. The first-order valence-electron chi connectivity index (χ1n) is 6.11. The van der Waals surface area contributed by atoms with Gasteiger partial charge in [0.25, 0.3) is 0 Å². The Labute approximate surface area is 107 Å². The van der Waals surface area contributed by atoms with Gasteiger partial charge in [-0.05, 0) is 33.1 Å². The lowest BCUT2D eigenvalue weighted by molar-refractivity contribution is -0.142. The van der Waals surface area contributed by atoms with Crippen LogP contribution in [-0.2, 0) is 14.3 Å². The summed E-state index contributed by atoms with van der Waals surface area (Å²) < 4.78 is 10.1. The molecule has 2 rings (SSSR count). The normalized spacial score (nSPS) is 29.6. The highest BCUT2D eigenvalue weighted by molar-refractivity contribution is 5.80. The second kappa shape index (κ2) is 4.30. The van der Waals surface area contributed by atoms with Crippen LogP contribution < -0.4 is 0 Å². The smallest absolute Gasteiger partial charge is 0.414 e. The first kappa shape index (κ1) is 12.9. The van der Waals surface area contributed by atoms with Gasteiger partial charge in [-0.15, -0.1) is 0 Å². The Morgan fingerprint density at radius 2 is 2.00 bits per heavy atom. The standard InChI is InChI=1S/C13H19NO4/c1-13(2,3)18-12(16)14-7-5-6-8-9(10(8)14)11(15)17-4/h5,7-10H,6H2,1-4H3/t8-,9-,10-/m1/s1. The fourth-order valence-corrected chi connectivity index (χ4v) is 2.40. The van der Waals surface area contributed by atoms with Crippen LogP contribution in [0.2, 0.25) is 0 Å². The number of hydrogen-bond donors (Lipinski definition) is 0. The number of nitrogens with zero attached hydrogens (tertiary/aromatic N) is 1. The van der Waals surface area contributed by atoms with E-state index in [1.165, 1.54) is 12.0 Å². The number of fused-ring (bicyclic) bond motifs is 1. The van der Waals surface area contributed by atoms with E-state index in [9.17, 15) is 9.59 Å². The summed E-state index contributed by atoms with van der Waals surface area (Å²) in [5.74, 6) is -0.283. The van der Waals surface area contributed by atoms with E-state index in [1.54, 1.807) is 6.20 Å². The van der Waals surface area contributed by atoms with E-state index in [1.807, 2.05) is 26.8 Å². The van der Waals surface area contributed by atoms with Crippen LogP contribution >= 0.6 is 0 Å². The molecule has 5 heteroatoms. The Morgan fingerprint density at radius 3 is 2.56 bits per heavy atom. The van der Waals surface area contributed by atoms with Crippen LogP contribution in [0.25, 0.3) is 0 Å². The molecule has 3 atom stereocenters. The quantitative estimate of drug-likeness (QED) is 0.670. The van der Waals surface area contributed by atoms with E-state index in [4.69, 9.17) is 9.47 Å². The van der Waals surface area contributed by atoms with Gasteiger partial charge in [-0.1, -0.05) is 6.08 Å². The highest BCUT2D eigenvalue weighted by Crippen LogP contribution is 2.49. The van der Waals surface area contributed by atoms with Crippen molar-refractivity contribution in [3.05, 3.63) is 12.3 Å². The van der Waals surface area contributed by atoms with Crippen LogP contribution in [0.15, 0.2) is 12.3 Å². The minimum Gasteiger partial charge on any atom is -0.469 e. The topological polar surface area (TPSA) is 55.8 Å². The molecule has 100 valence electrons. The van der Waals surface area contributed by atoms with Crippen molar-refractivity contribution < 1.29 is 19.1 Å². The zero-order chi connectivity index (χ0) is 13.5. The predicted molar refractivity (Wildman–Crippen MR) is 64.6 cm³/mol. The second-order valence-electron chi connectivity index (χ2n) is 5.71. The van der Waals surface area contributed by atoms with Gasteiger partial charge in [0, 0.05) is 6.20 Å². The van der Waals surface area contributed by atoms with Crippen molar-refractivity contribution in [3.63, 3.8) is 0 Å². The molecule has 5 nitrogen and oxygen atoms in total. The summed E-state index contributed by atoms with van der Waals surface area (Å²) in [5.41, 5.74) is -0.534. The molecule has 0 N–H and O–H groups in total. The van der Waals surface area contributed by atoms with E-state index < -0.39 is 11.7 Å². The predicted octanol–water partition coefficient (Wildman–Crippen LogP) is 1.93. The van der Waals surface area contributed by atoms with E-state index in [2.05, 4.69) is 0 Å². The molecule has 2 aliphatic rings. The Balaban J connectivity index is 2.05. The second-order valence-corrected chi connectivity index (χ2v) is 5.71. The lowest BCUT2D eigenvalue weighted by Crippen LogP contribution is -2.37. The number of hydrogen-bond acceptors (Lipinski definition) is 4. The number of esters is 1. The maximum Gasteiger partial charge on any atom is 0.414 e. The molecular weight excluding hydrogens is 234 g/mol. The first-order valence-corrected chi connectivity index (χ1v) is 6.11. The average Bonchev–Trinajstić information content (AvgIpc) is 2.99. The molecule has 1 aliphatic heterocycles. The third-order valence-electron chi connectivity index (χ3n) is 3.20. The molecule has 0 aromatic heterocycles. The van der Waals surface area contributed by atoms with Gasteiger partial charge in [0.15, 0.2) is 0 Å². The molecule has 0 spiro atoms. The summed E-state index contributed by atoms with van der Waals surface area (Å²) in [6.45, 7) is 5.46. The van der Waals surface area contributed by atoms with Gasteiger partial charge in [0.05, 0.1) is 19.1 Å². The number of ether oxygens (including phenoxy) is 2. The molecular formula is C13H19NO4. The van der Waals surface area contributed by atoms with Gasteiger partial charge in [0.1, 0.15) is 5.60 Å². The summed E-state index contributed by atoms with van der Waals surface area (Å²) >= 11 is 0. The number of methoxy groups -OCH3 is 1. The fourth-order valence-electron chi connectivity index (χ4n) is 2.40. The van der Waals surface area contributed by atoms with E-state index in [0.717, 1.165) is 6.42 Å². The van der Waals surface area contributed by atoms with Crippen molar-refractivity contribution in [2.24, 2.45) is 11.8 Å². The fraction of sp³-hybridized carbons (Fsp3) is 0.692. The van der Waals surface area contributed by atoms with Gasteiger partial charge in [0.2, 0.25) is 0 Å². The van der Waals surface area contributed by atoms with E-state index in [-0.39, 0.29) is 23.8 Å². The van der Waals surface area contributed by atoms with Crippen LogP contribution in [0.4, 0.5) is 4.79 Å². The van der Waals surface area contributed by atoms with Crippen LogP contribution in [0, 0.1) is 11.8 Å². The number of amides is 1. The Hall–Kier alpha value is -1.52. The lowest BCUT2D eigenvalue weighted by Gasteiger charge is -2.26. The zero-order valence-corrected chi connectivity index (χ0v) is 11.2. The third kappa shape index (κ3) is 2.35. The number of rotatable bonds is 1. The number of carbonyl (C=O) groups excluding carboxylic acids is 2. The summed E-state index contributed by atoms with van der Waals surface area (Å²) in [7, 11) is 1.37. The third-order valence-corrected chi connectivity index (χ3v) is 3.20. The molecule has 1 aliphatic carbocycles. The molecule has 0 radical (unpaired) electrons. The summed E-state index contributed by atoms with van der Waals surface area (Å²) in [6, 6.07) is -0.0997. The van der Waals surface area contributed by atoms with Crippen molar-refractivity contribution in [1.82, 2.24) is 4.90 Å². The molecule has 0 aromatic rings. The SMILES string of the molecule is COC(=O)[C@@H]1[C@H]2CC=CN(C(=O)OC(C)(C)C)[C@H]21. The minimum absolute atomic E-state index is 0.0997. The zero-order valence-electron chi connectivity index (χ0n) is 11.2. The molecule has 0 unspecified atom stereocenters. The van der Waals surface area contributed by atoms with Gasteiger partial charge < -0.3 is 9.47 Å². The Bertz CT molecular complexity index is 396. The van der Waals surface area contributed by atoms with Crippen molar-refractivity contribution in [3.8, 4) is 0 Å². The van der Waals surface area contributed by atoms with Crippen molar-refractivity contribution in [1.29, 1.82) is 0 Å². The number of allylic oxidation sites excluding steroid dienone is 1. The average molecular weight is 253 g/mol. The molecule has 1 heterocycles. The van der Waals surface area contributed by atoms with Gasteiger partial charge in [-0.3, -0.25) is 9.69 Å².